The van der Waals surface area contributed by atoms with E-state index in [4.69, 9.17) is 15.9 Å². The highest BCUT2D eigenvalue weighted by atomic mass is 16.5. The van der Waals surface area contributed by atoms with Gasteiger partial charge < -0.3 is 20.1 Å². The summed E-state index contributed by atoms with van der Waals surface area (Å²) < 4.78 is 11.1. The normalized spacial score (nSPS) is 9.90. The molecule has 0 spiro atoms. The maximum Gasteiger partial charge on any atom is 0.319 e. The van der Waals surface area contributed by atoms with Crippen LogP contribution in [0.25, 0.3) is 0 Å². The van der Waals surface area contributed by atoms with Crippen LogP contribution in [-0.2, 0) is 6.42 Å². The Morgan fingerprint density at radius 1 is 1.00 bits per heavy atom. The highest BCUT2D eigenvalue weighted by Gasteiger charge is 2.04. The van der Waals surface area contributed by atoms with E-state index in [2.05, 4.69) is 21.5 Å². The number of rotatable bonds is 8. The average Bonchev–Trinajstić information content (AvgIpc) is 2.74. The zero-order valence-corrected chi connectivity index (χ0v) is 15.8. The van der Waals surface area contributed by atoms with Crippen LogP contribution in [0.15, 0.2) is 73.1 Å². The molecular formula is C23H21N3O3. The van der Waals surface area contributed by atoms with Crippen LogP contribution in [-0.4, -0.2) is 24.2 Å². The Bertz CT molecular complexity index is 967. The van der Waals surface area contributed by atoms with Gasteiger partial charge in [0.25, 0.3) is 0 Å². The predicted molar refractivity (Wildman–Crippen MR) is 112 cm³/mol. The number of nitrogens with zero attached hydrogens (tertiary/aromatic N) is 1. The van der Waals surface area contributed by atoms with Crippen LogP contribution < -0.4 is 20.1 Å². The molecule has 0 fully saturated rings. The van der Waals surface area contributed by atoms with Crippen molar-refractivity contribution in [2.45, 2.75) is 6.42 Å². The molecule has 0 radical (unpaired) electrons. The van der Waals surface area contributed by atoms with Crippen molar-refractivity contribution in [1.82, 2.24) is 10.3 Å². The summed E-state index contributed by atoms with van der Waals surface area (Å²) in [6.45, 7) is 0.749. The molecule has 6 nitrogen and oxygen atoms in total. The molecule has 0 saturated heterocycles. The molecule has 0 saturated carbocycles. The summed E-state index contributed by atoms with van der Waals surface area (Å²) >= 11 is 0. The number of hydrogen-bond donors (Lipinski definition) is 2. The van der Waals surface area contributed by atoms with Gasteiger partial charge in [-0.05, 0) is 48.4 Å². The lowest BCUT2D eigenvalue weighted by atomic mass is 10.1. The Labute approximate surface area is 169 Å². The van der Waals surface area contributed by atoms with Crippen LogP contribution in [0, 0.1) is 12.3 Å². The Kier molecular flexibility index (Phi) is 7.08. The average molecular weight is 387 g/mol. The van der Waals surface area contributed by atoms with E-state index in [0.29, 0.717) is 30.2 Å². The molecule has 0 atom stereocenters. The lowest BCUT2D eigenvalue weighted by Gasteiger charge is -2.10. The fraction of sp³-hybridized carbons (Fsp3) is 0.130. The number of pyridine rings is 1. The van der Waals surface area contributed by atoms with E-state index < -0.39 is 0 Å². The first-order valence-corrected chi connectivity index (χ1v) is 9.11. The van der Waals surface area contributed by atoms with Crippen molar-refractivity contribution >= 4 is 11.7 Å². The molecule has 29 heavy (non-hydrogen) atoms. The molecule has 6 heteroatoms. The molecule has 2 N–H and O–H groups in total. The summed E-state index contributed by atoms with van der Waals surface area (Å²) in [6.07, 6.45) is 9.18. The van der Waals surface area contributed by atoms with Crippen LogP contribution in [0.3, 0.4) is 0 Å². The Hall–Kier alpha value is -3.98. The summed E-state index contributed by atoms with van der Waals surface area (Å²) in [7, 11) is 0. The number of carbonyl (C=O) groups excluding carboxylic acids is 1. The van der Waals surface area contributed by atoms with Crippen LogP contribution >= 0.6 is 0 Å². The van der Waals surface area contributed by atoms with Crippen molar-refractivity contribution in [3.05, 3.63) is 78.6 Å². The fourth-order valence-corrected chi connectivity index (χ4v) is 2.55. The first-order valence-electron chi connectivity index (χ1n) is 9.11. The molecule has 146 valence electrons. The largest absolute Gasteiger partial charge is 0.481 e. The zero-order chi connectivity index (χ0) is 20.3. The molecule has 1 aromatic heterocycles. The molecule has 0 aliphatic carbocycles. The number of aromatic nitrogens is 1. The van der Waals surface area contributed by atoms with Crippen molar-refractivity contribution in [3.63, 3.8) is 0 Å². The molecule has 0 unspecified atom stereocenters. The smallest absolute Gasteiger partial charge is 0.319 e. The molecular weight excluding hydrogens is 366 g/mol. The zero-order valence-electron chi connectivity index (χ0n) is 15.8. The van der Waals surface area contributed by atoms with Gasteiger partial charge in [0, 0.05) is 30.7 Å². The minimum absolute atomic E-state index is 0.246. The standard InChI is InChI=1S/C23H21N3O3/c1-2-16-28-20-8-6-18(7-9-20)10-15-25-23(27)26-19-4-3-5-22(17-19)29-21-11-13-24-14-12-21/h1,3-9,11-14,17H,10,15-16H2,(H2,25,26,27). The topological polar surface area (TPSA) is 72.5 Å². The molecule has 1 heterocycles. The first-order chi connectivity index (χ1) is 14.2. The second kappa shape index (κ2) is 10.4. The van der Waals surface area contributed by atoms with E-state index in [1.54, 1.807) is 36.7 Å². The number of hydrogen-bond acceptors (Lipinski definition) is 4. The molecule has 0 aliphatic heterocycles. The van der Waals surface area contributed by atoms with Gasteiger partial charge in [0.05, 0.1) is 0 Å². The van der Waals surface area contributed by atoms with E-state index in [1.165, 1.54) is 0 Å². The third-order valence-corrected chi connectivity index (χ3v) is 3.92. The van der Waals surface area contributed by atoms with Gasteiger partial charge in [0.1, 0.15) is 23.9 Å². The van der Waals surface area contributed by atoms with E-state index in [0.717, 1.165) is 11.3 Å². The summed E-state index contributed by atoms with van der Waals surface area (Å²) in [4.78, 5) is 16.1. The number of amides is 2. The lowest BCUT2D eigenvalue weighted by molar-refractivity contribution is 0.252. The highest BCUT2D eigenvalue weighted by molar-refractivity contribution is 5.89. The molecule has 0 bridgehead atoms. The van der Waals surface area contributed by atoms with Gasteiger partial charge >= 0.3 is 6.03 Å². The van der Waals surface area contributed by atoms with Crippen LogP contribution in [0.2, 0.25) is 0 Å². The van der Waals surface area contributed by atoms with Crippen LogP contribution in [0.4, 0.5) is 10.5 Å². The Morgan fingerprint density at radius 3 is 2.55 bits per heavy atom. The molecule has 0 aliphatic rings. The van der Waals surface area contributed by atoms with Gasteiger partial charge in [-0.1, -0.05) is 24.1 Å². The van der Waals surface area contributed by atoms with Crippen molar-refractivity contribution in [2.24, 2.45) is 0 Å². The number of terminal acetylenes is 1. The Morgan fingerprint density at radius 2 is 1.79 bits per heavy atom. The van der Waals surface area contributed by atoms with Crippen molar-refractivity contribution < 1.29 is 14.3 Å². The minimum Gasteiger partial charge on any atom is -0.481 e. The minimum atomic E-state index is -0.278. The monoisotopic (exact) mass is 387 g/mol. The van der Waals surface area contributed by atoms with Crippen molar-refractivity contribution in [1.29, 1.82) is 0 Å². The molecule has 3 aromatic rings. The van der Waals surface area contributed by atoms with E-state index in [-0.39, 0.29) is 12.6 Å². The number of benzene rings is 2. The van der Waals surface area contributed by atoms with Crippen LogP contribution in [0.1, 0.15) is 5.56 Å². The molecule has 2 aromatic carbocycles. The molecule has 2 amide bonds. The third kappa shape index (κ3) is 6.60. The van der Waals surface area contributed by atoms with Gasteiger partial charge in [0.15, 0.2) is 0 Å². The number of nitrogens with one attached hydrogen (secondary N) is 2. The predicted octanol–water partition coefficient (Wildman–Crippen LogP) is 4.25. The molecule has 3 rings (SSSR count). The first kappa shape index (κ1) is 19.8. The van der Waals surface area contributed by atoms with Crippen LogP contribution in [0.5, 0.6) is 17.2 Å². The highest BCUT2D eigenvalue weighted by Crippen LogP contribution is 2.23. The third-order valence-electron chi connectivity index (χ3n) is 3.92. The second-order valence-corrected chi connectivity index (χ2v) is 6.08. The summed E-state index contributed by atoms with van der Waals surface area (Å²) in [6, 6.07) is 18.1. The Balaban J connectivity index is 1.45. The number of urea groups is 1. The van der Waals surface area contributed by atoms with Crippen molar-refractivity contribution in [3.8, 4) is 29.6 Å². The number of carbonyl (C=O) groups is 1. The number of ether oxygens (including phenoxy) is 2. The van der Waals surface area contributed by atoms with E-state index in [9.17, 15) is 4.79 Å². The quantitative estimate of drug-likeness (QED) is 0.567. The maximum atomic E-state index is 12.1. The summed E-state index contributed by atoms with van der Waals surface area (Å²) in [5.74, 6) is 4.46. The van der Waals surface area contributed by atoms with E-state index in [1.807, 2.05) is 36.4 Å². The fourth-order valence-electron chi connectivity index (χ4n) is 2.55. The summed E-state index contributed by atoms with van der Waals surface area (Å²) in [5, 5.41) is 5.65. The van der Waals surface area contributed by atoms with Gasteiger partial charge in [0.2, 0.25) is 0 Å². The van der Waals surface area contributed by atoms with Gasteiger partial charge in [-0.25, -0.2) is 4.79 Å². The maximum absolute atomic E-state index is 12.1. The SMILES string of the molecule is C#CCOc1ccc(CCNC(=O)Nc2cccc(Oc3ccncc3)c2)cc1. The van der Waals surface area contributed by atoms with Gasteiger partial charge in [-0.3, -0.25) is 4.98 Å². The van der Waals surface area contributed by atoms with E-state index >= 15 is 0 Å². The van der Waals surface area contributed by atoms with Crippen molar-refractivity contribution in [2.75, 3.05) is 18.5 Å². The second-order valence-electron chi connectivity index (χ2n) is 6.08. The van der Waals surface area contributed by atoms with Gasteiger partial charge in [-0.15, -0.1) is 6.42 Å². The lowest BCUT2D eigenvalue weighted by Crippen LogP contribution is -2.30. The van der Waals surface area contributed by atoms with Gasteiger partial charge in [-0.2, -0.15) is 0 Å². The summed E-state index contributed by atoms with van der Waals surface area (Å²) in [5.41, 5.74) is 1.73. The number of anilines is 1.